The Bertz CT molecular complexity index is 1040. The summed E-state index contributed by atoms with van der Waals surface area (Å²) in [5.74, 6) is 0.706. The van der Waals surface area contributed by atoms with E-state index in [4.69, 9.17) is 0 Å². The second-order valence-electron chi connectivity index (χ2n) is 9.78. The minimum Gasteiger partial charge on any atom is -0.317 e. The van der Waals surface area contributed by atoms with Crippen LogP contribution < -0.4 is 10.2 Å². The van der Waals surface area contributed by atoms with Crippen molar-refractivity contribution in [1.82, 2.24) is 10.2 Å². The highest BCUT2D eigenvalue weighted by Gasteiger charge is 2.28. The predicted molar refractivity (Wildman–Crippen MR) is 137 cm³/mol. The van der Waals surface area contributed by atoms with Crippen LogP contribution in [0.3, 0.4) is 0 Å². The van der Waals surface area contributed by atoms with Gasteiger partial charge in [0.1, 0.15) is 0 Å². The van der Waals surface area contributed by atoms with Gasteiger partial charge < -0.3 is 10.2 Å². The summed E-state index contributed by atoms with van der Waals surface area (Å²) in [7, 11) is -3.33. The number of sulfone groups is 1. The Morgan fingerprint density at radius 1 is 1.00 bits per heavy atom. The first-order valence-corrected chi connectivity index (χ1v) is 14.4. The molecule has 2 aromatic carbocycles. The molecule has 0 unspecified atom stereocenters. The van der Waals surface area contributed by atoms with Crippen LogP contribution in [0.2, 0.25) is 0 Å². The molecule has 2 saturated heterocycles. The zero-order chi connectivity index (χ0) is 24.0. The molecule has 2 aliphatic rings. The van der Waals surface area contributed by atoms with Crippen LogP contribution in [0.25, 0.3) is 0 Å². The van der Waals surface area contributed by atoms with Gasteiger partial charge in [-0.05, 0) is 88.0 Å². The zero-order valence-corrected chi connectivity index (χ0v) is 21.0. The number of hydrogen-bond donors (Lipinski definition) is 1. The van der Waals surface area contributed by atoms with Crippen molar-refractivity contribution in [3.8, 4) is 0 Å². The third-order valence-corrected chi connectivity index (χ3v) is 8.34. The molecule has 2 aromatic rings. The van der Waals surface area contributed by atoms with E-state index in [1.807, 2.05) is 11.0 Å². The van der Waals surface area contributed by atoms with Gasteiger partial charge in [-0.1, -0.05) is 36.4 Å². The van der Waals surface area contributed by atoms with Gasteiger partial charge in [0, 0.05) is 31.0 Å². The van der Waals surface area contributed by atoms with Gasteiger partial charge >= 0.3 is 0 Å². The molecular formula is C27H37N3O3S. The van der Waals surface area contributed by atoms with Crippen molar-refractivity contribution in [2.75, 3.05) is 43.9 Å². The number of anilines is 1. The summed E-state index contributed by atoms with van der Waals surface area (Å²) in [6, 6.07) is 17.5. The van der Waals surface area contributed by atoms with Gasteiger partial charge in [0.2, 0.25) is 5.91 Å². The lowest BCUT2D eigenvalue weighted by Gasteiger charge is -2.34. The Morgan fingerprint density at radius 3 is 2.38 bits per heavy atom. The topological polar surface area (TPSA) is 69.7 Å². The summed E-state index contributed by atoms with van der Waals surface area (Å²) in [6.45, 7) is 5.49. The van der Waals surface area contributed by atoms with Crippen LogP contribution in [0, 0.1) is 11.8 Å². The summed E-state index contributed by atoms with van der Waals surface area (Å²) >= 11 is 0. The molecule has 34 heavy (non-hydrogen) atoms. The summed E-state index contributed by atoms with van der Waals surface area (Å²) in [5, 5.41) is 3.33. The summed E-state index contributed by atoms with van der Waals surface area (Å²) < 4.78 is 24.3. The monoisotopic (exact) mass is 483 g/mol. The van der Waals surface area contributed by atoms with E-state index >= 15 is 0 Å². The maximum Gasteiger partial charge on any atom is 0.230 e. The largest absolute Gasteiger partial charge is 0.317 e. The fraction of sp³-hybridized carbons (Fsp3) is 0.519. The van der Waals surface area contributed by atoms with E-state index in [0.29, 0.717) is 18.2 Å². The van der Waals surface area contributed by atoms with Gasteiger partial charge in [0.25, 0.3) is 0 Å². The molecule has 0 bridgehead atoms. The maximum atomic E-state index is 13.5. The normalized spacial score (nSPS) is 18.6. The van der Waals surface area contributed by atoms with Crippen LogP contribution in [0.4, 0.5) is 5.69 Å². The van der Waals surface area contributed by atoms with E-state index in [1.165, 1.54) is 11.8 Å². The van der Waals surface area contributed by atoms with E-state index < -0.39 is 9.84 Å². The summed E-state index contributed by atoms with van der Waals surface area (Å²) in [6.07, 6.45) is 6.09. The Labute approximate surface area is 204 Å². The lowest BCUT2D eigenvalue weighted by Crippen LogP contribution is -2.42. The molecule has 0 aliphatic carbocycles. The second kappa shape index (κ2) is 11.5. The van der Waals surface area contributed by atoms with Crippen molar-refractivity contribution >= 4 is 21.4 Å². The number of carbonyl (C=O) groups excluding carboxylic acids is 1. The van der Waals surface area contributed by atoms with Crippen molar-refractivity contribution in [3.63, 3.8) is 0 Å². The average molecular weight is 484 g/mol. The van der Waals surface area contributed by atoms with Crippen molar-refractivity contribution in [1.29, 1.82) is 0 Å². The first-order chi connectivity index (χ1) is 16.4. The predicted octanol–water partition coefficient (Wildman–Crippen LogP) is 3.73. The van der Waals surface area contributed by atoms with Crippen molar-refractivity contribution in [2.24, 2.45) is 11.8 Å². The van der Waals surface area contributed by atoms with Crippen LogP contribution in [-0.2, 0) is 21.2 Å². The quantitative estimate of drug-likeness (QED) is 0.620. The Kier molecular flexibility index (Phi) is 8.40. The molecule has 0 radical (unpaired) electrons. The third-order valence-electron chi connectivity index (χ3n) is 7.23. The molecule has 1 amide bonds. The molecule has 4 rings (SSSR count). The zero-order valence-electron chi connectivity index (χ0n) is 20.2. The van der Waals surface area contributed by atoms with E-state index in [0.717, 1.165) is 64.8 Å². The van der Waals surface area contributed by atoms with Crippen LogP contribution in [-0.4, -0.2) is 58.2 Å². The summed E-state index contributed by atoms with van der Waals surface area (Å²) in [5.41, 5.74) is 2.05. The average Bonchev–Trinajstić information content (AvgIpc) is 2.86. The van der Waals surface area contributed by atoms with Gasteiger partial charge in [-0.25, -0.2) is 8.42 Å². The number of rotatable bonds is 8. The van der Waals surface area contributed by atoms with Crippen LogP contribution in [0.1, 0.15) is 37.7 Å². The van der Waals surface area contributed by atoms with Crippen molar-refractivity contribution in [3.05, 3.63) is 60.2 Å². The standard InChI is InChI=1S/C27H37N3O3S/c1-34(32,33)26-9-5-8-25(20-26)30(27(31)24-10-15-28-16-11-24)19-14-22-12-17-29(18-13-22)21-23-6-3-2-4-7-23/h2-9,20,22,24,28H,10-19,21H2,1H3. The van der Waals surface area contributed by atoms with Crippen LogP contribution >= 0.6 is 0 Å². The fourth-order valence-electron chi connectivity index (χ4n) is 5.12. The Hall–Kier alpha value is -2.22. The molecule has 0 spiro atoms. The molecule has 0 aromatic heterocycles. The lowest BCUT2D eigenvalue weighted by molar-refractivity contribution is -0.123. The number of piperidine rings is 2. The number of amides is 1. The van der Waals surface area contributed by atoms with Gasteiger partial charge in [-0.3, -0.25) is 9.69 Å². The molecule has 6 nitrogen and oxygen atoms in total. The first-order valence-electron chi connectivity index (χ1n) is 12.5. The number of hydrogen-bond acceptors (Lipinski definition) is 5. The van der Waals surface area contributed by atoms with E-state index in [2.05, 4.69) is 40.5 Å². The van der Waals surface area contributed by atoms with Gasteiger partial charge in [0.15, 0.2) is 9.84 Å². The molecule has 1 N–H and O–H groups in total. The molecule has 2 aliphatic heterocycles. The van der Waals surface area contributed by atoms with Crippen molar-refractivity contribution < 1.29 is 13.2 Å². The van der Waals surface area contributed by atoms with E-state index in [1.54, 1.807) is 18.2 Å². The van der Waals surface area contributed by atoms with Crippen LogP contribution in [0.15, 0.2) is 59.5 Å². The SMILES string of the molecule is CS(=O)(=O)c1cccc(N(CCC2CCN(Cc3ccccc3)CC2)C(=O)C2CCNCC2)c1. The number of likely N-dealkylation sites (tertiary alicyclic amines) is 1. The number of benzene rings is 2. The smallest absolute Gasteiger partial charge is 0.230 e. The highest BCUT2D eigenvalue weighted by atomic mass is 32.2. The Morgan fingerprint density at radius 2 is 1.71 bits per heavy atom. The highest BCUT2D eigenvalue weighted by molar-refractivity contribution is 7.90. The number of nitrogens with zero attached hydrogens (tertiary/aromatic N) is 2. The van der Waals surface area contributed by atoms with Gasteiger partial charge in [-0.15, -0.1) is 0 Å². The number of nitrogens with one attached hydrogen (secondary N) is 1. The third kappa shape index (κ3) is 6.68. The molecule has 184 valence electrons. The number of carbonyl (C=O) groups is 1. The van der Waals surface area contributed by atoms with Gasteiger partial charge in [0.05, 0.1) is 4.90 Å². The van der Waals surface area contributed by atoms with Crippen LogP contribution in [0.5, 0.6) is 0 Å². The summed E-state index contributed by atoms with van der Waals surface area (Å²) in [4.78, 5) is 18.2. The van der Waals surface area contributed by atoms with Crippen molar-refractivity contribution in [2.45, 2.75) is 43.5 Å². The molecule has 2 heterocycles. The van der Waals surface area contributed by atoms with Gasteiger partial charge in [-0.2, -0.15) is 0 Å². The fourth-order valence-corrected chi connectivity index (χ4v) is 5.78. The minimum absolute atomic E-state index is 0.00383. The van der Waals surface area contributed by atoms with E-state index in [9.17, 15) is 13.2 Å². The van der Waals surface area contributed by atoms with E-state index in [-0.39, 0.29) is 16.7 Å². The molecule has 2 fully saturated rings. The molecule has 7 heteroatoms. The first kappa shape index (κ1) is 24.9. The molecule has 0 atom stereocenters. The lowest BCUT2D eigenvalue weighted by atomic mass is 9.92. The molecular weight excluding hydrogens is 446 g/mol. The second-order valence-corrected chi connectivity index (χ2v) is 11.8. The maximum absolute atomic E-state index is 13.5. The Balaban J connectivity index is 1.40. The minimum atomic E-state index is -3.33. The highest BCUT2D eigenvalue weighted by Crippen LogP contribution is 2.27. The molecule has 0 saturated carbocycles.